The minimum absolute atomic E-state index is 0.0581. The number of hydrogen-bond donors (Lipinski definition) is 3. The van der Waals surface area contributed by atoms with E-state index in [0.29, 0.717) is 5.56 Å². The van der Waals surface area contributed by atoms with E-state index >= 15 is 0 Å². The van der Waals surface area contributed by atoms with Crippen molar-refractivity contribution in [2.75, 3.05) is 11.9 Å². The maximum Gasteiger partial charge on any atom is 0.269 e. The first kappa shape index (κ1) is 16.3. The average Bonchev–Trinajstić information content (AvgIpc) is 3.20. The van der Waals surface area contributed by atoms with Crippen LogP contribution in [0.5, 0.6) is 0 Å². The Morgan fingerprint density at radius 3 is 2.36 bits per heavy atom. The van der Waals surface area contributed by atoms with Crippen LogP contribution in [0.3, 0.4) is 0 Å². The largest absolute Gasteiger partial charge is 0.376 e. The normalized spacial score (nSPS) is 10.1. The van der Waals surface area contributed by atoms with Crippen molar-refractivity contribution in [2.45, 2.75) is 0 Å². The van der Waals surface area contributed by atoms with E-state index in [4.69, 9.17) is 0 Å². The second-order valence-electron chi connectivity index (χ2n) is 5.22. The number of hydrazine groups is 1. The topological polar surface area (TPSA) is 88.0 Å². The number of nitrogens with zero attached hydrogens (tertiary/aromatic N) is 2. The van der Waals surface area contributed by atoms with Gasteiger partial charge in [0.05, 0.1) is 12.2 Å². The van der Waals surface area contributed by atoms with Crippen LogP contribution in [0.15, 0.2) is 73.1 Å². The molecule has 3 N–H and O–H groups in total. The fourth-order valence-electron chi connectivity index (χ4n) is 2.17. The highest BCUT2D eigenvalue weighted by molar-refractivity contribution is 5.95. The molecule has 0 aliphatic carbocycles. The number of anilines is 1. The number of amides is 2. The highest BCUT2D eigenvalue weighted by Crippen LogP contribution is 2.08. The van der Waals surface area contributed by atoms with Gasteiger partial charge in [-0.3, -0.25) is 20.4 Å². The number of nitrogens with one attached hydrogen (secondary N) is 3. The summed E-state index contributed by atoms with van der Waals surface area (Å²) in [5.41, 5.74) is 6.88. The SMILES string of the molecule is O=C(CNc1ccccc1)NNC(=O)c1ccc(-n2cccn2)cc1. The maximum atomic E-state index is 12.1. The third kappa shape index (κ3) is 4.44. The number of hydrogen-bond acceptors (Lipinski definition) is 4. The van der Waals surface area contributed by atoms with E-state index < -0.39 is 0 Å². The molecule has 0 unspecified atom stereocenters. The van der Waals surface area contributed by atoms with Crippen LogP contribution in [0.2, 0.25) is 0 Å². The second-order valence-corrected chi connectivity index (χ2v) is 5.22. The molecule has 0 saturated carbocycles. The summed E-state index contributed by atoms with van der Waals surface area (Å²) in [7, 11) is 0. The van der Waals surface area contributed by atoms with Crippen molar-refractivity contribution in [1.82, 2.24) is 20.6 Å². The zero-order valence-corrected chi connectivity index (χ0v) is 13.3. The monoisotopic (exact) mass is 335 g/mol. The number of para-hydroxylation sites is 1. The van der Waals surface area contributed by atoms with Crippen LogP contribution in [0.25, 0.3) is 5.69 Å². The van der Waals surface area contributed by atoms with Gasteiger partial charge in [-0.05, 0) is 42.5 Å². The summed E-state index contributed by atoms with van der Waals surface area (Å²) in [6.45, 7) is 0.0581. The lowest BCUT2D eigenvalue weighted by atomic mass is 10.2. The molecule has 2 amide bonds. The molecule has 3 aromatic rings. The first-order chi connectivity index (χ1) is 12.2. The Balaban J connectivity index is 1.48. The molecule has 0 bridgehead atoms. The molecular formula is C18H17N5O2. The van der Waals surface area contributed by atoms with Crippen molar-refractivity contribution in [3.63, 3.8) is 0 Å². The summed E-state index contributed by atoms with van der Waals surface area (Å²) in [5.74, 6) is -0.731. The van der Waals surface area contributed by atoms with Crippen molar-refractivity contribution in [1.29, 1.82) is 0 Å². The molecule has 0 fully saturated rings. The predicted octanol–water partition coefficient (Wildman–Crippen LogP) is 1.75. The standard InChI is InChI=1S/C18H17N5O2/c24-17(13-19-15-5-2-1-3-6-15)21-22-18(25)14-7-9-16(10-8-14)23-12-4-11-20-23/h1-12,19H,13H2,(H,21,24)(H,22,25). The Morgan fingerprint density at radius 1 is 0.920 bits per heavy atom. The van der Waals surface area contributed by atoms with Gasteiger partial charge in [0, 0.05) is 23.6 Å². The van der Waals surface area contributed by atoms with Gasteiger partial charge in [0.25, 0.3) is 11.8 Å². The van der Waals surface area contributed by atoms with Gasteiger partial charge in [-0.1, -0.05) is 18.2 Å². The fourth-order valence-corrected chi connectivity index (χ4v) is 2.17. The lowest BCUT2D eigenvalue weighted by Crippen LogP contribution is -2.44. The van der Waals surface area contributed by atoms with Gasteiger partial charge >= 0.3 is 0 Å². The van der Waals surface area contributed by atoms with Crippen molar-refractivity contribution in [2.24, 2.45) is 0 Å². The van der Waals surface area contributed by atoms with Crippen LogP contribution in [0.4, 0.5) is 5.69 Å². The van der Waals surface area contributed by atoms with E-state index in [2.05, 4.69) is 21.3 Å². The summed E-state index contributed by atoms with van der Waals surface area (Å²) in [5, 5.41) is 7.08. The molecular weight excluding hydrogens is 318 g/mol. The summed E-state index contributed by atoms with van der Waals surface area (Å²) in [4.78, 5) is 23.8. The Hall–Kier alpha value is -3.61. The maximum absolute atomic E-state index is 12.1. The number of benzene rings is 2. The van der Waals surface area contributed by atoms with Crippen LogP contribution in [0, 0.1) is 0 Å². The molecule has 1 heterocycles. The smallest absolute Gasteiger partial charge is 0.269 e. The summed E-state index contributed by atoms with van der Waals surface area (Å²) >= 11 is 0. The molecule has 0 radical (unpaired) electrons. The molecule has 25 heavy (non-hydrogen) atoms. The van der Waals surface area contributed by atoms with Crippen molar-refractivity contribution >= 4 is 17.5 Å². The second kappa shape index (κ2) is 7.78. The van der Waals surface area contributed by atoms with E-state index in [0.717, 1.165) is 11.4 Å². The molecule has 126 valence electrons. The van der Waals surface area contributed by atoms with Crippen molar-refractivity contribution in [3.8, 4) is 5.69 Å². The Morgan fingerprint density at radius 2 is 1.68 bits per heavy atom. The van der Waals surface area contributed by atoms with Gasteiger partial charge in [0.15, 0.2) is 0 Å². The lowest BCUT2D eigenvalue weighted by molar-refractivity contribution is -0.120. The van der Waals surface area contributed by atoms with E-state index in [1.807, 2.05) is 42.6 Å². The molecule has 0 aliphatic heterocycles. The van der Waals surface area contributed by atoms with Gasteiger partial charge < -0.3 is 5.32 Å². The van der Waals surface area contributed by atoms with Gasteiger partial charge in [-0.2, -0.15) is 5.10 Å². The fraction of sp³-hybridized carbons (Fsp3) is 0.0556. The van der Waals surface area contributed by atoms with Crippen LogP contribution in [0.1, 0.15) is 10.4 Å². The van der Waals surface area contributed by atoms with E-state index in [1.165, 1.54) is 0 Å². The molecule has 0 spiro atoms. The number of aromatic nitrogens is 2. The molecule has 3 rings (SSSR count). The minimum Gasteiger partial charge on any atom is -0.376 e. The molecule has 7 heteroatoms. The van der Waals surface area contributed by atoms with E-state index in [9.17, 15) is 9.59 Å². The molecule has 1 aromatic heterocycles. The number of carbonyl (C=O) groups excluding carboxylic acids is 2. The molecule has 0 atom stereocenters. The van der Waals surface area contributed by atoms with E-state index in [1.54, 1.807) is 35.1 Å². The molecule has 7 nitrogen and oxygen atoms in total. The van der Waals surface area contributed by atoms with Crippen LogP contribution in [-0.4, -0.2) is 28.1 Å². The van der Waals surface area contributed by atoms with Gasteiger partial charge in [0.1, 0.15) is 0 Å². The van der Waals surface area contributed by atoms with Crippen LogP contribution < -0.4 is 16.2 Å². The van der Waals surface area contributed by atoms with Gasteiger partial charge in [-0.25, -0.2) is 4.68 Å². The Bertz CT molecular complexity index is 830. The van der Waals surface area contributed by atoms with Crippen LogP contribution in [-0.2, 0) is 4.79 Å². The average molecular weight is 335 g/mol. The summed E-state index contributed by atoms with van der Waals surface area (Å²) in [6, 6.07) is 18.1. The van der Waals surface area contributed by atoms with Gasteiger partial charge in [-0.15, -0.1) is 0 Å². The Kier molecular flexibility index (Phi) is 5.06. The van der Waals surface area contributed by atoms with E-state index in [-0.39, 0.29) is 18.4 Å². The zero-order valence-electron chi connectivity index (χ0n) is 13.3. The third-order valence-corrected chi connectivity index (χ3v) is 3.44. The number of carbonyl (C=O) groups is 2. The number of rotatable bonds is 5. The first-order valence-corrected chi connectivity index (χ1v) is 7.70. The Labute approximate surface area is 144 Å². The molecule has 0 aliphatic rings. The summed E-state index contributed by atoms with van der Waals surface area (Å²) in [6.07, 6.45) is 3.49. The minimum atomic E-state index is -0.389. The van der Waals surface area contributed by atoms with Gasteiger partial charge in [0.2, 0.25) is 0 Å². The lowest BCUT2D eigenvalue weighted by Gasteiger charge is -2.09. The zero-order chi connectivity index (χ0) is 17.5. The third-order valence-electron chi connectivity index (χ3n) is 3.44. The summed E-state index contributed by atoms with van der Waals surface area (Å²) < 4.78 is 1.69. The van der Waals surface area contributed by atoms with Crippen LogP contribution >= 0.6 is 0 Å². The highest BCUT2D eigenvalue weighted by Gasteiger charge is 2.07. The first-order valence-electron chi connectivity index (χ1n) is 7.70. The van der Waals surface area contributed by atoms with Crippen molar-refractivity contribution < 1.29 is 9.59 Å². The quantitative estimate of drug-likeness (QED) is 0.620. The predicted molar refractivity (Wildman–Crippen MR) is 94.1 cm³/mol. The molecule has 0 saturated heterocycles. The molecule has 2 aromatic carbocycles. The highest BCUT2D eigenvalue weighted by atomic mass is 16.2. The van der Waals surface area contributed by atoms with Crippen molar-refractivity contribution in [3.05, 3.63) is 78.6 Å².